The highest BCUT2D eigenvalue weighted by molar-refractivity contribution is 5.86. The van der Waals surface area contributed by atoms with Crippen LogP contribution in [0.2, 0.25) is 0 Å². The molecule has 3 nitrogen and oxygen atoms in total. The molecule has 3 atom stereocenters. The Morgan fingerprint density at radius 2 is 2.22 bits per heavy atom. The van der Waals surface area contributed by atoms with Crippen LogP contribution in [-0.4, -0.2) is 18.0 Å². The molecule has 0 fully saturated rings. The molecule has 2 N–H and O–H groups in total. The van der Waals surface area contributed by atoms with Crippen LogP contribution in [0.3, 0.4) is 0 Å². The molecule has 0 bridgehead atoms. The Morgan fingerprint density at radius 3 is 2.94 bits per heavy atom. The van der Waals surface area contributed by atoms with Crippen LogP contribution in [0.1, 0.15) is 45.1 Å². The molecule has 0 unspecified atom stereocenters. The summed E-state index contributed by atoms with van der Waals surface area (Å²) < 4.78 is 0. The molecule has 1 aliphatic rings. The molecule has 0 radical (unpaired) electrons. The fourth-order valence-electron chi connectivity index (χ4n) is 2.43. The van der Waals surface area contributed by atoms with Gasteiger partial charge in [0.25, 0.3) is 0 Å². The fourth-order valence-corrected chi connectivity index (χ4v) is 2.43. The standard InChI is InChI=1S/C15H22N2O/c1-4-10(2)17-15(18)13-9-11(3)16-14-8-6-5-7-12(13)14/h5-8,10-11,13,16H,4,9H2,1-3H3,(H,17,18)/t10-,11-,13+/m1/s1. The van der Waals surface area contributed by atoms with Crippen LogP contribution in [0.5, 0.6) is 0 Å². The first-order valence-corrected chi connectivity index (χ1v) is 6.77. The number of amides is 1. The average molecular weight is 246 g/mol. The van der Waals surface area contributed by atoms with Gasteiger partial charge in [-0.05, 0) is 38.3 Å². The van der Waals surface area contributed by atoms with Gasteiger partial charge >= 0.3 is 0 Å². The molecule has 1 aromatic rings. The lowest BCUT2D eigenvalue weighted by Gasteiger charge is -2.31. The highest BCUT2D eigenvalue weighted by Crippen LogP contribution is 2.34. The molecule has 98 valence electrons. The molecule has 0 aromatic heterocycles. The number of para-hydroxylation sites is 1. The smallest absolute Gasteiger partial charge is 0.227 e. The molecule has 0 aliphatic carbocycles. The topological polar surface area (TPSA) is 41.1 Å². The van der Waals surface area contributed by atoms with Crippen molar-refractivity contribution in [2.24, 2.45) is 0 Å². The summed E-state index contributed by atoms with van der Waals surface area (Å²) in [5.41, 5.74) is 2.22. The lowest BCUT2D eigenvalue weighted by molar-refractivity contribution is -0.123. The summed E-state index contributed by atoms with van der Waals surface area (Å²) in [6.45, 7) is 6.26. The van der Waals surface area contributed by atoms with Crippen molar-refractivity contribution in [3.63, 3.8) is 0 Å². The van der Waals surface area contributed by atoms with Gasteiger partial charge in [0.2, 0.25) is 5.91 Å². The number of hydrogen-bond donors (Lipinski definition) is 2. The molecule has 1 heterocycles. The van der Waals surface area contributed by atoms with Crippen LogP contribution in [0, 0.1) is 0 Å². The highest BCUT2D eigenvalue weighted by atomic mass is 16.1. The Hall–Kier alpha value is -1.51. The molecule has 18 heavy (non-hydrogen) atoms. The first-order chi connectivity index (χ1) is 8.61. The summed E-state index contributed by atoms with van der Waals surface area (Å²) in [6.07, 6.45) is 1.83. The molecule has 1 amide bonds. The monoisotopic (exact) mass is 246 g/mol. The fraction of sp³-hybridized carbons (Fsp3) is 0.533. The third kappa shape index (κ3) is 2.66. The summed E-state index contributed by atoms with van der Waals surface area (Å²) in [4.78, 5) is 12.3. The van der Waals surface area contributed by atoms with E-state index in [1.807, 2.05) is 19.1 Å². The maximum Gasteiger partial charge on any atom is 0.227 e. The predicted molar refractivity (Wildman–Crippen MR) is 74.8 cm³/mol. The zero-order valence-corrected chi connectivity index (χ0v) is 11.4. The number of carbonyl (C=O) groups excluding carboxylic acids is 1. The summed E-state index contributed by atoms with van der Waals surface area (Å²) >= 11 is 0. The van der Waals surface area contributed by atoms with Crippen molar-refractivity contribution >= 4 is 11.6 Å². The Kier molecular flexibility index (Phi) is 3.90. The van der Waals surface area contributed by atoms with Gasteiger partial charge in [0, 0.05) is 17.8 Å². The second kappa shape index (κ2) is 5.42. The van der Waals surface area contributed by atoms with Crippen LogP contribution < -0.4 is 10.6 Å². The van der Waals surface area contributed by atoms with Gasteiger partial charge in [0.05, 0.1) is 5.92 Å². The third-order valence-electron chi connectivity index (χ3n) is 3.64. The van der Waals surface area contributed by atoms with E-state index in [0.717, 1.165) is 24.1 Å². The van der Waals surface area contributed by atoms with Crippen LogP contribution >= 0.6 is 0 Å². The molecule has 1 aromatic carbocycles. The number of nitrogens with one attached hydrogen (secondary N) is 2. The second-order valence-corrected chi connectivity index (χ2v) is 5.24. The minimum atomic E-state index is -0.0218. The van der Waals surface area contributed by atoms with Gasteiger partial charge in [-0.3, -0.25) is 4.79 Å². The SMILES string of the molecule is CC[C@@H](C)NC(=O)[C@H]1C[C@@H](C)Nc2ccccc21. The largest absolute Gasteiger partial charge is 0.382 e. The molecular formula is C15H22N2O. The van der Waals surface area contributed by atoms with E-state index >= 15 is 0 Å². The lowest BCUT2D eigenvalue weighted by Crippen LogP contribution is -2.39. The first kappa shape index (κ1) is 12.9. The summed E-state index contributed by atoms with van der Waals surface area (Å²) in [5.74, 6) is 0.136. The number of benzene rings is 1. The van der Waals surface area contributed by atoms with Crippen molar-refractivity contribution in [2.75, 3.05) is 5.32 Å². The van der Waals surface area contributed by atoms with Gasteiger partial charge < -0.3 is 10.6 Å². The molecular weight excluding hydrogens is 224 g/mol. The van der Waals surface area contributed by atoms with Crippen molar-refractivity contribution in [3.05, 3.63) is 29.8 Å². The van der Waals surface area contributed by atoms with Gasteiger partial charge in [-0.2, -0.15) is 0 Å². The van der Waals surface area contributed by atoms with Gasteiger partial charge in [0.1, 0.15) is 0 Å². The number of rotatable bonds is 3. The summed E-state index contributed by atoms with van der Waals surface area (Å²) in [5, 5.41) is 6.53. The number of hydrogen-bond acceptors (Lipinski definition) is 2. The van der Waals surface area contributed by atoms with Gasteiger partial charge in [0.15, 0.2) is 0 Å². The van der Waals surface area contributed by atoms with Crippen molar-refractivity contribution in [1.29, 1.82) is 0 Å². The lowest BCUT2D eigenvalue weighted by atomic mass is 9.86. The molecule has 0 spiro atoms. The second-order valence-electron chi connectivity index (χ2n) is 5.24. The number of anilines is 1. The Labute approximate surface area is 109 Å². The number of carbonyl (C=O) groups is 1. The van der Waals surface area contributed by atoms with Crippen molar-refractivity contribution in [3.8, 4) is 0 Å². The van der Waals surface area contributed by atoms with E-state index < -0.39 is 0 Å². The van der Waals surface area contributed by atoms with Crippen LogP contribution in [0.25, 0.3) is 0 Å². The molecule has 2 rings (SSSR count). The summed E-state index contributed by atoms with van der Waals surface area (Å²) in [7, 11) is 0. The van der Waals surface area contributed by atoms with Crippen molar-refractivity contribution < 1.29 is 4.79 Å². The van der Waals surface area contributed by atoms with E-state index in [1.165, 1.54) is 0 Å². The maximum atomic E-state index is 12.3. The van der Waals surface area contributed by atoms with Crippen molar-refractivity contribution in [2.45, 2.75) is 51.6 Å². The highest BCUT2D eigenvalue weighted by Gasteiger charge is 2.29. The minimum Gasteiger partial charge on any atom is -0.382 e. The zero-order chi connectivity index (χ0) is 13.1. The van der Waals surface area contributed by atoms with E-state index in [2.05, 4.69) is 36.6 Å². The van der Waals surface area contributed by atoms with E-state index in [0.29, 0.717) is 6.04 Å². The molecule has 0 saturated heterocycles. The summed E-state index contributed by atoms with van der Waals surface area (Å²) in [6, 6.07) is 8.69. The third-order valence-corrected chi connectivity index (χ3v) is 3.64. The van der Waals surface area contributed by atoms with E-state index in [4.69, 9.17) is 0 Å². The predicted octanol–water partition coefficient (Wildman–Crippen LogP) is 2.89. The minimum absolute atomic E-state index is 0.0218. The molecule has 1 aliphatic heterocycles. The normalized spacial score (nSPS) is 23.7. The Morgan fingerprint density at radius 1 is 1.50 bits per heavy atom. The van der Waals surface area contributed by atoms with Crippen LogP contribution in [0.4, 0.5) is 5.69 Å². The van der Waals surface area contributed by atoms with E-state index in [1.54, 1.807) is 0 Å². The van der Waals surface area contributed by atoms with Gasteiger partial charge in [-0.15, -0.1) is 0 Å². The Bertz CT molecular complexity index is 430. The number of fused-ring (bicyclic) bond motifs is 1. The first-order valence-electron chi connectivity index (χ1n) is 6.77. The molecule has 0 saturated carbocycles. The van der Waals surface area contributed by atoms with Crippen LogP contribution in [-0.2, 0) is 4.79 Å². The molecule has 3 heteroatoms. The van der Waals surface area contributed by atoms with Crippen LogP contribution in [0.15, 0.2) is 24.3 Å². The van der Waals surface area contributed by atoms with Crippen molar-refractivity contribution in [1.82, 2.24) is 5.32 Å². The Balaban J connectivity index is 2.20. The average Bonchev–Trinajstić information content (AvgIpc) is 2.37. The quantitative estimate of drug-likeness (QED) is 0.861. The van der Waals surface area contributed by atoms with E-state index in [-0.39, 0.29) is 17.9 Å². The maximum absolute atomic E-state index is 12.3. The van der Waals surface area contributed by atoms with E-state index in [9.17, 15) is 4.79 Å². The zero-order valence-electron chi connectivity index (χ0n) is 11.4. The van der Waals surface area contributed by atoms with Gasteiger partial charge in [-0.25, -0.2) is 0 Å². The van der Waals surface area contributed by atoms with Gasteiger partial charge in [-0.1, -0.05) is 25.1 Å².